The van der Waals surface area contributed by atoms with E-state index in [1.165, 1.54) is 24.0 Å². The van der Waals surface area contributed by atoms with E-state index in [0.717, 1.165) is 12.1 Å². The van der Waals surface area contributed by atoms with E-state index in [1.54, 1.807) is 67.6 Å². The average Bonchev–Trinajstić information content (AvgIpc) is 2.85. The number of rotatable bonds is 11. The highest BCUT2D eigenvalue weighted by molar-refractivity contribution is 7.86. The van der Waals surface area contributed by atoms with Crippen LogP contribution in [-0.4, -0.2) is 44.2 Å². The summed E-state index contributed by atoms with van der Waals surface area (Å²) in [5, 5.41) is 0. The van der Waals surface area contributed by atoms with Gasteiger partial charge in [0.15, 0.2) is 6.10 Å². The molecule has 0 radical (unpaired) electrons. The highest BCUT2D eigenvalue weighted by Crippen LogP contribution is 2.33. The molecule has 0 aromatic heterocycles. The quantitative estimate of drug-likeness (QED) is 0.246. The van der Waals surface area contributed by atoms with E-state index < -0.39 is 39.3 Å². The van der Waals surface area contributed by atoms with Gasteiger partial charge in [-0.25, -0.2) is 0 Å². The van der Waals surface area contributed by atoms with E-state index >= 15 is 0 Å². The topological polar surface area (TPSA) is 72.9 Å². The van der Waals surface area contributed by atoms with Crippen molar-refractivity contribution >= 4 is 16.1 Å². The van der Waals surface area contributed by atoms with E-state index in [2.05, 4.69) is 0 Å². The van der Waals surface area contributed by atoms with Gasteiger partial charge < -0.3 is 4.74 Å². The van der Waals surface area contributed by atoms with E-state index in [-0.39, 0.29) is 19.7 Å². The molecule has 6 nitrogen and oxygen atoms in total. The summed E-state index contributed by atoms with van der Waals surface area (Å²) in [4.78, 5) is 13.9. The maximum atomic E-state index is 14.5. The van der Waals surface area contributed by atoms with Crippen LogP contribution in [-0.2, 0) is 36.9 Å². The van der Waals surface area contributed by atoms with Crippen LogP contribution in [0, 0.1) is 6.92 Å². The third-order valence-corrected chi connectivity index (χ3v) is 6.84. The van der Waals surface area contributed by atoms with E-state index in [1.807, 2.05) is 0 Å². The molecule has 0 fully saturated rings. The Bertz CT molecular complexity index is 1210. The minimum Gasteiger partial charge on any atom is -0.465 e. The summed E-state index contributed by atoms with van der Waals surface area (Å²) in [5.41, 5.74) is 1.96. The van der Waals surface area contributed by atoms with Crippen molar-refractivity contribution in [3.63, 3.8) is 0 Å². The molecule has 2 atom stereocenters. The second-order valence-electron chi connectivity index (χ2n) is 8.40. The van der Waals surface area contributed by atoms with Crippen molar-refractivity contribution in [2.24, 2.45) is 0 Å². The Labute approximate surface area is 214 Å². The van der Waals surface area contributed by atoms with Gasteiger partial charge in [0.05, 0.1) is 11.5 Å². The number of nitrogens with zero attached hydrogens (tertiary/aromatic N) is 1. The van der Waals surface area contributed by atoms with E-state index in [0.29, 0.717) is 16.7 Å². The van der Waals surface area contributed by atoms with Gasteiger partial charge >= 0.3 is 12.1 Å². The molecular weight excluding hydrogens is 507 g/mol. The highest BCUT2D eigenvalue weighted by atomic mass is 32.2. The number of ether oxygens (including phenoxy) is 1. The Morgan fingerprint density at radius 2 is 1.35 bits per heavy atom. The molecule has 0 heterocycles. The van der Waals surface area contributed by atoms with E-state index in [4.69, 9.17) is 8.92 Å². The van der Waals surface area contributed by atoms with Gasteiger partial charge in [0, 0.05) is 13.1 Å². The maximum Gasteiger partial charge on any atom is 0.418 e. The van der Waals surface area contributed by atoms with Crippen LogP contribution in [0.5, 0.6) is 0 Å². The van der Waals surface area contributed by atoms with Crippen LogP contribution < -0.4 is 0 Å². The molecule has 198 valence electrons. The molecule has 0 aliphatic rings. The lowest BCUT2D eigenvalue weighted by Gasteiger charge is -2.35. The molecule has 0 aliphatic carbocycles. The molecule has 0 spiro atoms. The number of hydrogen-bond acceptors (Lipinski definition) is 6. The fourth-order valence-electron chi connectivity index (χ4n) is 3.76. The SMILES string of the molecule is CCOC(=O)C(C(OS(=O)(=O)c1ccc(C)cc1)C(F)(F)F)N(Cc1ccccc1)Cc1ccccc1. The molecule has 0 aliphatic heterocycles. The zero-order valence-corrected chi connectivity index (χ0v) is 21.2. The van der Waals surface area contributed by atoms with Crippen molar-refractivity contribution < 1.29 is 35.3 Å². The van der Waals surface area contributed by atoms with Crippen LogP contribution in [0.3, 0.4) is 0 Å². The van der Waals surface area contributed by atoms with Gasteiger partial charge in [-0.3, -0.25) is 13.9 Å². The van der Waals surface area contributed by atoms with Crippen LogP contribution in [0.4, 0.5) is 13.2 Å². The van der Waals surface area contributed by atoms with Gasteiger partial charge in [-0.05, 0) is 37.1 Å². The van der Waals surface area contributed by atoms with Crippen LogP contribution in [0.25, 0.3) is 0 Å². The predicted octanol–water partition coefficient (Wildman–Crippen LogP) is 5.27. The average molecular weight is 536 g/mol. The summed E-state index contributed by atoms with van der Waals surface area (Å²) in [5.74, 6) is -1.24. The number of carbonyl (C=O) groups excluding carboxylic acids is 1. The Morgan fingerprint density at radius 3 is 1.78 bits per heavy atom. The molecule has 10 heteroatoms. The van der Waals surface area contributed by atoms with Crippen molar-refractivity contribution in [2.75, 3.05) is 6.61 Å². The van der Waals surface area contributed by atoms with Crippen molar-refractivity contribution in [2.45, 2.75) is 50.2 Å². The van der Waals surface area contributed by atoms with Crippen molar-refractivity contribution in [3.8, 4) is 0 Å². The molecule has 0 amide bonds. The Balaban J connectivity index is 2.09. The van der Waals surface area contributed by atoms with Gasteiger partial charge in [-0.15, -0.1) is 0 Å². The first kappa shape index (κ1) is 28.4. The molecule has 2 unspecified atom stereocenters. The summed E-state index contributed by atoms with van der Waals surface area (Å²) in [6.07, 6.45) is -8.24. The molecule has 0 N–H and O–H groups in total. The second kappa shape index (κ2) is 12.4. The summed E-state index contributed by atoms with van der Waals surface area (Å²) >= 11 is 0. The predicted molar refractivity (Wildman–Crippen MR) is 132 cm³/mol. The lowest BCUT2D eigenvalue weighted by molar-refractivity contribution is -0.218. The van der Waals surface area contributed by atoms with Gasteiger partial charge in [0.1, 0.15) is 6.04 Å². The molecule has 3 aromatic rings. The number of alkyl halides is 3. The maximum absolute atomic E-state index is 14.5. The lowest BCUT2D eigenvalue weighted by atomic mass is 10.1. The number of hydrogen-bond donors (Lipinski definition) is 0. The fourth-order valence-corrected chi connectivity index (χ4v) is 4.83. The molecule has 0 saturated carbocycles. The first-order chi connectivity index (χ1) is 17.5. The summed E-state index contributed by atoms with van der Waals surface area (Å²) in [7, 11) is -4.89. The van der Waals surface area contributed by atoms with Crippen LogP contribution in [0.1, 0.15) is 23.6 Å². The molecule has 37 heavy (non-hydrogen) atoms. The normalized spacial score (nSPS) is 13.8. The fraction of sp³-hybridized carbons (Fsp3) is 0.296. The Morgan fingerprint density at radius 1 is 0.865 bits per heavy atom. The molecule has 0 saturated heterocycles. The standard InChI is InChI=1S/C27H28F3NO5S/c1-3-35-26(32)24(25(27(28,29)30)36-37(33,34)23-16-14-20(2)15-17-23)31(18-21-10-6-4-7-11-21)19-22-12-8-5-9-13-22/h4-17,24-25H,3,18-19H2,1-2H3. The minimum absolute atomic E-state index is 0.0975. The van der Waals surface area contributed by atoms with Gasteiger partial charge in [0.25, 0.3) is 10.1 Å². The number of halogens is 3. The third kappa shape index (κ3) is 7.88. The minimum atomic E-state index is -5.22. The first-order valence-corrected chi connectivity index (χ1v) is 13.0. The Kier molecular flexibility index (Phi) is 9.47. The number of esters is 1. The van der Waals surface area contributed by atoms with Crippen molar-refractivity contribution in [3.05, 3.63) is 102 Å². The summed E-state index contributed by atoms with van der Waals surface area (Å²) < 4.78 is 79.2. The highest BCUT2D eigenvalue weighted by Gasteiger charge is 2.54. The summed E-state index contributed by atoms with van der Waals surface area (Å²) in [6, 6.07) is 20.3. The van der Waals surface area contributed by atoms with Crippen LogP contribution in [0.2, 0.25) is 0 Å². The zero-order valence-electron chi connectivity index (χ0n) is 20.4. The molecule has 3 aromatic carbocycles. The van der Waals surface area contributed by atoms with Gasteiger partial charge in [-0.1, -0.05) is 78.4 Å². The second-order valence-corrected chi connectivity index (χ2v) is 9.97. The third-order valence-electron chi connectivity index (χ3n) is 5.53. The molecule has 0 bridgehead atoms. The van der Waals surface area contributed by atoms with Gasteiger partial charge in [0.2, 0.25) is 0 Å². The monoisotopic (exact) mass is 535 g/mol. The number of carbonyl (C=O) groups is 1. The summed E-state index contributed by atoms with van der Waals surface area (Å²) in [6.45, 7) is 2.77. The first-order valence-electron chi connectivity index (χ1n) is 11.6. The molecule has 3 rings (SSSR count). The largest absolute Gasteiger partial charge is 0.465 e. The smallest absolute Gasteiger partial charge is 0.418 e. The van der Waals surface area contributed by atoms with Crippen molar-refractivity contribution in [1.29, 1.82) is 0 Å². The van der Waals surface area contributed by atoms with E-state index in [9.17, 15) is 26.4 Å². The number of benzene rings is 3. The lowest BCUT2D eigenvalue weighted by Crippen LogP contribution is -2.56. The molecular formula is C27H28F3NO5S. The number of aryl methyl sites for hydroxylation is 1. The van der Waals surface area contributed by atoms with Crippen molar-refractivity contribution in [1.82, 2.24) is 4.90 Å². The Hall–Kier alpha value is -3.21. The zero-order chi connectivity index (χ0) is 27.1. The van der Waals surface area contributed by atoms with Gasteiger partial charge in [-0.2, -0.15) is 21.6 Å². The van der Waals surface area contributed by atoms with Crippen LogP contribution >= 0.6 is 0 Å². The van der Waals surface area contributed by atoms with Crippen LogP contribution in [0.15, 0.2) is 89.8 Å².